The van der Waals surface area contributed by atoms with Gasteiger partial charge in [-0.25, -0.2) is 0 Å². The van der Waals surface area contributed by atoms with Gasteiger partial charge in [0.2, 0.25) is 0 Å². The fourth-order valence-electron chi connectivity index (χ4n) is 3.22. The quantitative estimate of drug-likeness (QED) is 0.648. The number of carbonyl (C=O) groups excluding carboxylic acids is 1. The largest absolute Gasteiger partial charge is 0.337 e. The molecule has 5 nitrogen and oxygen atoms in total. The van der Waals surface area contributed by atoms with Crippen molar-refractivity contribution in [2.75, 3.05) is 7.05 Å². The molecule has 1 amide bonds. The van der Waals surface area contributed by atoms with Gasteiger partial charge >= 0.3 is 0 Å². The Bertz CT molecular complexity index is 1060. The SMILES string of the molecule is Cc1nn(Cc2ccccc2Cl)c(C)c1C(=O)N(C)Cc1cccc(C#N)c1. The van der Waals surface area contributed by atoms with Gasteiger partial charge in [0.15, 0.2) is 0 Å². The average Bonchev–Trinajstić information content (AvgIpc) is 2.96. The highest BCUT2D eigenvalue weighted by molar-refractivity contribution is 6.31. The van der Waals surface area contributed by atoms with Crippen molar-refractivity contribution in [3.8, 4) is 6.07 Å². The van der Waals surface area contributed by atoms with Crippen LogP contribution in [0.4, 0.5) is 0 Å². The maximum atomic E-state index is 13.1. The van der Waals surface area contributed by atoms with Gasteiger partial charge in [0.05, 0.1) is 29.4 Å². The van der Waals surface area contributed by atoms with E-state index in [9.17, 15) is 4.79 Å². The number of amides is 1. The van der Waals surface area contributed by atoms with E-state index in [4.69, 9.17) is 16.9 Å². The molecule has 0 bridgehead atoms. The molecule has 0 radical (unpaired) electrons. The minimum absolute atomic E-state index is 0.0947. The molecular formula is C22H21ClN4O. The zero-order valence-electron chi connectivity index (χ0n) is 16.1. The molecule has 0 aliphatic carbocycles. The summed E-state index contributed by atoms with van der Waals surface area (Å²) in [6.07, 6.45) is 0. The molecule has 1 aromatic heterocycles. The summed E-state index contributed by atoms with van der Waals surface area (Å²) in [6.45, 7) is 4.66. The minimum atomic E-state index is -0.0947. The van der Waals surface area contributed by atoms with Crippen molar-refractivity contribution in [3.05, 3.63) is 87.2 Å². The molecule has 0 aliphatic rings. The average molecular weight is 393 g/mol. The van der Waals surface area contributed by atoms with Crippen molar-refractivity contribution in [3.63, 3.8) is 0 Å². The summed E-state index contributed by atoms with van der Waals surface area (Å²) in [5.41, 5.74) is 4.54. The summed E-state index contributed by atoms with van der Waals surface area (Å²) in [4.78, 5) is 14.7. The fraction of sp³-hybridized carbons (Fsp3) is 0.227. The maximum Gasteiger partial charge on any atom is 0.257 e. The summed E-state index contributed by atoms with van der Waals surface area (Å²) < 4.78 is 1.81. The summed E-state index contributed by atoms with van der Waals surface area (Å²) in [5.74, 6) is -0.0947. The predicted octanol–water partition coefficient (Wildman–Crippen LogP) is 4.35. The van der Waals surface area contributed by atoms with E-state index >= 15 is 0 Å². The Hall–Kier alpha value is -3.10. The van der Waals surface area contributed by atoms with E-state index in [0.717, 1.165) is 16.8 Å². The maximum absolute atomic E-state index is 13.1. The molecule has 0 N–H and O–H groups in total. The van der Waals surface area contributed by atoms with Crippen LogP contribution < -0.4 is 0 Å². The van der Waals surface area contributed by atoms with Crippen LogP contribution in [0, 0.1) is 25.2 Å². The van der Waals surface area contributed by atoms with Gasteiger partial charge in [-0.05, 0) is 43.2 Å². The number of aromatic nitrogens is 2. The summed E-state index contributed by atoms with van der Waals surface area (Å²) >= 11 is 6.26. The van der Waals surface area contributed by atoms with Crippen LogP contribution in [0.5, 0.6) is 0 Å². The van der Waals surface area contributed by atoms with E-state index in [-0.39, 0.29) is 5.91 Å². The van der Waals surface area contributed by atoms with Crippen LogP contribution in [0.25, 0.3) is 0 Å². The third kappa shape index (κ3) is 4.08. The van der Waals surface area contributed by atoms with Crippen LogP contribution in [-0.2, 0) is 13.1 Å². The number of nitrogens with zero attached hydrogens (tertiary/aromatic N) is 4. The molecule has 3 aromatic rings. The topological polar surface area (TPSA) is 61.9 Å². The minimum Gasteiger partial charge on any atom is -0.337 e. The lowest BCUT2D eigenvalue weighted by molar-refractivity contribution is 0.0783. The molecule has 2 aromatic carbocycles. The smallest absolute Gasteiger partial charge is 0.257 e. The number of carbonyl (C=O) groups is 1. The lowest BCUT2D eigenvalue weighted by Gasteiger charge is -2.18. The first kappa shape index (κ1) is 19.7. The van der Waals surface area contributed by atoms with Gasteiger partial charge in [-0.1, -0.05) is 41.9 Å². The molecule has 3 rings (SSSR count). The molecule has 1 heterocycles. The van der Waals surface area contributed by atoms with Crippen LogP contribution in [0.15, 0.2) is 48.5 Å². The van der Waals surface area contributed by atoms with Crippen LogP contribution in [-0.4, -0.2) is 27.6 Å². The molecule has 28 heavy (non-hydrogen) atoms. The van der Waals surface area contributed by atoms with Gasteiger partial charge in [-0.3, -0.25) is 9.48 Å². The number of hydrogen-bond acceptors (Lipinski definition) is 3. The molecule has 0 saturated heterocycles. The number of halogens is 1. The van der Waals surface area contributed by atoms with Crippen molar-refractivity contribution in [1.82, 2.24) is 14.7 Å². The first-order chi connectivity index (χ1) is 13.4. The Balaban J connectivity index is 1.82. The highest BCUT2D eigenvalue weighted by Gasteiger charge is 2.22. The number of benzene rings is 2. The third-order valence-electron chi connectivity index (χ3n) is 4.70. The zero-order chi connectivity index (χ0) is 20.3. The van der Waals surface area contributed by atoms with Gasteiger partial charge in [0.1, 0.15) is 0 Å². The Kier molecular flexibility index (Phi) is 5.81. The van der Waals surface area contributed by atoms with Crippen molar-refractivity contribution in [2.45, 2.75) is 26.9 Å². The number of nitriles is 1. The van der Waals surface area contributed by atoms with Gasteiger partial charge in [-0.2, -0.15) is 10.4 Å². The Morgan fingerprint density at radius 2 is 1.96 bits per heavy atom. The standard InChI is InChI=1S/C22H21ClN4O/c1-15-21(16(2)27(25-15)14-19-9-4-5-10-20(19)23)22(28)26(3)13-18-8-6-7-17(11-18)12-24/h4-11H,13-14H2,1-3H3. The molecule has 0 aliphatic heterocycles. The second kappa shape index (κ2) is 8.28. The lowest BCUT2D eigenvalue weighted by Crippen LogP contribution is -2.27. The van der Waals surface area contributed by atoms with Crippen molar-refractivity contribution >= 4 is 17.5 Å². The van der Waals surface area contributed by atoms with E-state index in [2.05, 4.69) is 11.2 Å². The van der Waals surface area contributed by atoms with Crippen molar-refractivity contribution < 1.29 is 4.79 Å². The van der Waals surface area contributed by atoms with E-state index < -0.39 is 0 Å². The molecule has 6 heteroatoms. The van der Waals surface area contributed by atoms with Crippen molar-refractivity contribution in [1.29, 1.82) is 5.26 Å². The zero-order valence-corrected chi connectivity index (χ0v) is 16.9. The van der Waals surface area contributed by atoms with E-state index in [1.54, 1.807) is 24.1 Å². The number of rotatable bonds is 5. The number of hydrogen-bond donors (Lipinski definition) is 0. The first-order valence-electron chi connectivity index (χ1n) is 8.92. The Morgan fingerprint density at radius 3 is 2.68 bits per heavy atom. The van der Waals surface area contributed by atoms with Gasteiger partial charge < -0.3 is 4.90 Å². The fourth-order valence-corrected chi connectivity index (χ4v) is 3.42. The molecule has 0 unspecified atom stereocenters. The van der Waals surface area contributed by atoms with Gasteiger partial charge in [0, 0.05) is 24.3 Å². The summed E-state index contributed by atoms with van der Waals surface area (Å²) in [6, 6.07) is 17.0. The molecule has 0 spiro atoms. The predicted molar refractivity (Wildman–Crippen MR) is 109 cm³/mol. The molecule has 142 valence electrons. The van der Waals surface area contributed by atoms with E-state index in [1.165, 1.54) is 0 Å². The monoisotopic (exact) mass is 392 g/mol. The van der Waals surface area contributed by atoms with E-state index in [1.807, 2.05) is 54.9 Å². The highest BCUT2D eigenvalue weighted by Crippen LogP contribution is 2.21. The first-order valence-corrected chi connectivity index (χ1v) is 9.30. The Labute approximate surface area is 169 Å². The van der Waals surface area contributed by atoms with Crippen LogP contribution >= 0.6 is 11.6 Å². The van der Waals surface area contributed by atoms with Gasteiger partial charge in [0.25, 0.3) is 5.91 Å². The van der Waals surface area contributed by atoms with Gasteiger partial charge in [-0.15, -0.1) is 0 Å². The molecule has 0 saturated carbocycles. The molecule has 0 atom stereocenters. The highest BCUT2D eigenvalue weighted by atomic mass is 35.5. The van der Waals surface area contributed by atoms with Crippen LogP contribution in [0.3, 0.4) is 0 Å². The normalized spacial score (nSPS) is 10.5. The molecular weight excluding hydrogens is 372 g/mol. The van der Waals surface area contributed by atoms with E-state index in [0.29, 0.717) is 34.9 Å². The van der Waals surface area contributed by atoms with Crippen LogP contribution in [0.1, 0.15) is 38.4 Å². The second-order valence-corrected chi connectivity index (χ2v) is 7.18. The van der Waals surface area contributed by atoms with Crippen LogP contribution in [0.2, 0.25) is 5.02 Å². The number of aryl methyl sites for hydroxylation is 1. The second-order valence-electron chi connectivity index (χ2n) is 6.77. The lowest BCUT2D eigenvalue weighted by atomic mass is 10.1. The van der Waals surface area contributed by atoms with Crippen molar-refractivity contribution in [2.24, 2.45) is 0 Å². The summed E-state index contributed by atoms with van der Waals surface area (Å²) in [5, 5.41) is 14.3. The summed E-state index contributed by atoms with van der Waals surface area (Å²) in [7, 11) is 1.76. The Morgan fingerprint density at radius 1 is 1.21 bits per heavy atom. The molecule has 0 fully saturated rings. The third-order valence-corrected chi connectivity index (χ3v) is 5.06.